The van der Waals surface area contributed by atoms with Gasteiger partial charge in [0, 0.05) is 12.6 Å². The van der Waals surface area contributed by atoms with Crippen molar-refractivity contribution >= 4 is 23.4 Å². The summed E-state index contributed by atoms with van der Waals surface area (Å²) in [6.45, 7) is 4.67. The fourth-order valence-electron chi connectivity index (χ4n) is 4.42. The lowest BCUT2D eigenvalue weighted by molar-refractivity contribution is -0.140. The Bertz CT molecular complexity index is 958. The molecule has 2 aromatic rings. The number of benzene rings is 2. The first-order valence-electron chi connectivity index (χ1n) is 12.0. The summed E-state index contributed by atoms with van der Waals surface area (Å²) in [7, 11) is 1.56. The van der Waals surface area contributed by atoms with Gasteiger partial charge in [-0.15, -0.1) is 11.6 Å². The summed E-state index contributed by atoms with van der Waals surface area (Å²) in [6, 6.07) is 12.6. The second-order valence-corrected chi connectivity index (χ2v) is 9.00. The van der Waals surface area contributed by atoms with E-state index in [0.29, 0.717) is 23.7 Å². The minimum Gasteiger partial charge on any atom is -0.493 e. The number of nitrogens with one attached hydrogen (secondary N) is 1. The molecule has 34 heavy (non-hydrogen) atoms. The van der Waals surface area contributed by atoms with Crippen LogP contribution in [-0.4, -0.2) is 42.4 Å². The highest BCUT2D eigenvalue weighted by Gasteiger charge is 2.33. The summed E-state index contributed by atoms with van der Waals surface area (Å²) in [5, 5.41) is 3.20. The van der Waals surface area contributed by atoms with Gasteiger partial charge in [-0.3, -0.25) is 9.59 Å². The molecule has 0 spiro atoms. The van der Waals surface area contributed by atoms with E-state index >= 15 is 0 Å². The van der Waals surface area contributed by atoms with Crippen molar-refractivity contribution in [1.29, 1.82) is 0 Å². The number of carbonyl (C=O) groups is 2. The molecule has 1 aliphatic rings. The summed E-state index contributed by atoms with van der Waals surface area (Å²) < 4.78 is 11.2. The van der Waals surface area contributed by atoms with E-state index in [1.165, 1.54) is 6.42 Å². The van der Waals surface area contributed by atoms with Crippen LogP contribution in [0.1, 0.15) is 61.8 Å². The number of ether oxygens (including phenoxy) is 2. The summed E-state index contributed by atoms with van der Waals surface area (Å²) in [5.74, 6) is 0.382. The lowest BCUT2D eigenvalue weighted by Crippen LogP contribution is -2.47. The largest absolute Gasteiger partial charge is 0.493 e. The number of halogens is 1. The van der Waals surface area contributed by atoms with Gasteiger partial charge in [0.05, 0.1) is 13.7 Å². The van der Waals surface area contributed by atoms with Crippen LogP contribution in [0.4, 0.5) is 0 Å². The minimum absolute atomic E-state index is 0.112. The number of hydrogen-bond donors (Lipinski definition) is 1. The Morgan fingerprint density at radius 2 is 1.79 bits per heavy atom. The molecule has 1 atom stereocenters. The molecule has 7 heteroatoms. The summed E-state index contributed by atoms with van der Waals surface area (Å²) in [4.78, 5) is 28.3. The average molecular weight is 487 g/mol. The van der Waals surface area contributed by atoms with E-state index in [9.17, 15) is 9.59 Å². The van der Waals surface area contributed by atoms with Crippen LogP contribution < -0.4 is 14.8 Å². The van der Waals surface area contributed by atoms with E-state index in [1.54, 1.807) is 24.1 Å². The predicted octanol–water partition coefficient (Wildman–Crippen LogP) is 5.16. The molecule has 0 bridgehead atoms. The zero-order valence-corrected chi connectivity index (χ0v) is 21.1. The number of methoxy groups -OCH3 is 1. The number of alkyl halides is 1. The summed E-state index contributed by atoms with van der Waals surface area (Å²) in [5.41, 5.74) is 2.71. The van der Waals surface area contributed by atoms with Crippen molar-refractivity contribution in [3.8, 4) is 11.5 Å². The third-order valence-electron chi connectivity index (χ3n) is 6.22. The van der Waals surface area contributed by atoms with Gasteiger partial charge in [-0.2, -0.15) is 0 Å². The zero-order valence-electron chi connectivity index (χ0n) is 20.3. The monoisotopic (exact) mass is 486 g/mol. The average Bonchev–Trinajstić information content (AvgIpc) is 2.85. The first-order valence-corrected chi connectivity index (χ1v) is 12.5. The topological polar surface area (TPSA) is 67.9 Å². The number of hydrogen-bond acceptors (Lipinski definition) is 4. The Balaban J connectivity index is 2.00. The van der Waals surface area contributed by atoms with Crippen molar-refractivity contribution in [3.63, 3.8) is 0 Å². The molecule has 0 aliphatic heterocycles. The Labute approximate surface area is 207 Å². The fraction of sp³-hybridized carbons (Fsp3) is 0.481. The van der Waals surface area contributed by atoms with Crippen LogP contribution >= 0.6 is 11.6 Å². The number of nitrogens with zero attached hydrogens (tertiary/aromatic N) is 1. The van der Waals surface area contributed by atoms with Gasteiger partial charge in [0.15, 0.2) is 11.5 Å². The molecule has 3 rings (SSSR count). The maximum absolute atomic E-state index is 13.7. The lowest BCUT2D eigenvalue weighted by Gasteiger charge is -2.33. The van der Waals surface area contributed by atoms with Crippen molar-refractivity contribution in [3.05, 3.63) is 59.2 Å². The van der Waals surface area contributed by atoms with Gasteiger partial charge in [-0.25, -0.2) is 0 Å². The fourth-order valence-corrected chi connectivity index (χ4v) is 4.57. The van der Waals surface area contributed by atoms with Crippen molar-refractivity contribution in [1.82, 2.24) is 10.2 Å². The van der Waals surface area contributed by atoms with Gasteiger partial charge in [0.2, 0.25) is 11.8 Å². The van der Waals surface area contributed by atoms with E-state index < -0.39 is 6.04 Å². The molecule has 2 amide bonds. The first kappa shape index (κ1) is 25.9. The lowest BCUT2D eigenvalue weighted by atomic mass is 9.94. The second-order valence-electron chi connectivity index (χ2n) is 8.73. The van der Waals surface area contributed by atoms with Gasteiger partial charge in [0.1, 0.15) is 11.9 Å². The van der Waals surface area contributed by atoms with Crippen LogP contribution in [0.3, 0.4) is 0 Å². The van der Waals surface area contributed by atoms with Gasteiger partial charge >= 0.3 is 0 Å². The highest BCUT2D eigenvalue weighted by molar-refractivity contribution is 6.27. The molecule has 1 saturated carbocycles. The molecule has 0 heterocycles. The van der Waals surface area contributed by atoms with E-state index in [0.717, 1.165) is 36.8 Å². The van der Waals surface area contributed by atoms with Crippen molar-refractivity contribution in [2.45, 2.75) is 64.6 Å². The van der Waals surface area contributed by atoms with Gasteiger partial charge < -0.3 is 19.7 Å². The molecule has 1 unspecified atom stereocenters. The first-order chi connectivity index (χ1) is 16.5. The molecule has 1 fully saturated rings. The van der Waals surface area contributed by atoms with Crippen molar-refractivity contribution in [2.75, 3.05) is 19.6 Å². The zero-order chi connectivity index (χ0) is 24.5. The predicted molar refractivity (Wildman–Crippen MR) is 134 cm³/mol. The molecule has 0 aromatic heterocycles. The minimum atomic E-state index is -0.848. The van der Waals surface area contributed by atoms with Gasteiger partial charge in [-0.1, -0.05) is 55.2 Å². The molecular weight excluding hydrogens is 452 g/mol. The van der Waals surface area contributed by atoms with E-state index in [1.807, 2.05) is 44.2 Å². The second kappa shape index (κ2) is 12.7. The third-order valence-corrected chi connectivity index (χ3v) is 6.45. The quantitative estimate of drug-likeness (QED) is 0.471. The SMILES string of the molecule is CCOc1ccc(C(C(=O)NC2CCCCC2)N(Cc2ccc(C)cc2)C(=O)CCl)cc1OC. The maximum atomic E-state index is 13.7. The smallest absolute Gasteiger partial charge is 0.247 e. The van der Waals surface area contributed by atoms with Crippen LogP contribution in [0.2, 0.25) is 0 Å². The Hall–Kier alpha value is -2.73. The molecule has 0 radical (unpaired) electrons. The van der Waals surface area contributed by atoms with Crippen LogP contribution in [0, 0.1) is 6.92 Å². The summed E-state index contributed by atoms with van der Waals surface area (Å²) in [6.07, 6.45) is 5.29. The molecule has 0 saturated heterocycles. The van der Waals surface area contributed by atoms with E-state index in [4.69, 9.17) is 21.1 Å². The maximum Gasteiger partial charge on any atom is 0.247 e. The highest BCUT2D eigenvalue weighted by atomic mass is 35.5. The molecule has 184 valence electrons. The van der Waals surface area contributed by atoms with Crippen molar-refractivity contribution < 1.29 is 19.1 Å². The molecule has 1 N–H and O–H groups in total. The Morgan fingerprint density at radius 1 is 1.09 bits per heavy atom. The number of rotatable bonds is 10. The number of amides is 2. The normalized spacial score (nSPS) is 14.8. The Morgan fingerprint density at radius 3 is 2.41 bits per heavy atom. The highest BCUT2D eigenvalue weighted by Crippen LogP contribution is 2.34. The van der Waals surface area contributed by atoms with E-state index in [2.05, 4.69) is 5.32 Å². The Kier molecular flexibility index (Phi) is 9.63. The standard InChI is InChI=1S/C27H35ClN2O4/c1-4-34-23-15-14-21(16-24(23)33-3)26(27(32)29-22-8-6-5-7-9-22)30(25(31)17-28)18-20-12-10-19(2)11-13-20/h10-16,22,26H,4-9,17-18H2,1-3H3,(H,29,32). The molecule has 6 nitrogen and oxygen atoms in total. The number of carbonyl (C=O) groups excluding carboxylic acids is 2. The molecule has 2 aromatic carbocycles. The van der Waals surface area contributed by atoms with Crippen LogP contribution in [0.15, 0.2) is 42.5 Å². The van der Waals surface area contributed by atoms with Gasteiger partial charge in [0.25, 0.3) is 0 Å². The number of aryl methyl sites for hydroxylation is 1. The molecule has 1 aliphatic carbocycles. The molecular formula is C27H35ClN2O4. The van der Waals surface area contributed by atoms with Gasteiger partial charge in [-0.05, 0) is 49.9 Å². The van der Waals surface area contributed by atoms with Crippen LogP contribution in [0.25, 0.3) is 0 Å². The van der Waals surface area contributed by atoms with E-state index in [-0.39, 0.29) is 30.3 Å². The van der Waals surface area contributed by atoms with Crippen LogP contribution in [-0.2, 0) is 16.1 Å². The summed E-state index contributed by atoms with van der Waals surface area (Å²) >= 11 is 6.02. The van der Waals surface area contributed by atoms with Crippen molar-refractivity contribution in [2.24, 2.45) is 0 Å². The third kappa shape index (κ3) is 6.66. The van der Waals surface area contributed by atoms with Crippen LogP contribution in [0.5, 0.6) is 11.5 Å².